The number of halogens is 1. The largest absolute Gasteiger partial charge is 0.341 e. The van der Waals surface area contributed by atoms with Crippen molar-refractivity contribution in [2.24, 2.45) is 0 Å². The van der Waals surface area contributed by atoms with Crippen LogP contribution in [0.15, 0.2) is 36.7 Å². The lowest BCUT2D eigenvalue weighted by Crippen LogP contribution is -2.21. The molecule has 6 heteroatoms. The summed E-state index contributed by atoms with van der Waals surface area (Å²) in [5.41, 5.74) is 1.55. The molecule has 3 rings (SSSR count). The van der Waals surface area contributed by atoms with Crippen LogP contribution in [-0.2, 0) is 13.1 Å². The average Bonchev–Trinajstić information content (AvgIpc) is 3.07. The maximum atomic E-state index is 13.1. The van der Waals surface area contributed by atoms with E-state index in [1.807, 2.05) is 16.9 Å². The second kappa shape index (κ2) is 6.05. The molecule has 0 saturated heterocycles. The van der Waals surface area contributed by atoms with Gasteiger partial charge in [0.1, 0.15) is 11.6 Å². The molecule has 0 bridgehead atoms. The molecule has 110 valence electrons. The Balaban J connectivity index is 1.54. The predicted molar refractivity (Wildman–Crippen MR) is 79.2 cm³/mol. The molecule has 0 amide bonds. The molecule has 0 spiro atoms. The van der Waals surface area contributed by atoms with Crippen LogP contribution in [0.5, 0.6) is 0 Å². The van der Waals surface area contributed by atoms with Gasteiger partial charge in [-0.05, 0) is 37.7 Å². The molecule has 0 atom stereocenters. The Morgan fingerprint density at radius 2 is 2.29 bits per heavy atom. The van der Waals surface area contributed by atoms with Gasteiger partial charge in [0.25, 0.3) is 0 Å². The zero-order valence-corrected chi connectivity index (χ0v) is 12.0. The Bertz CT molecular complexity index is 704. The van der Waals surface area contributed by atoms with E-state index in [1.165, 1.54) is 12.1 Å². The number of nitrogens with one attached hydrogen (secondary N) is 1. The second-order valence-electron chi connectivity index (χ2n) is 5.21. The van der Waals surface area contributed by atoms with Gasteiger partial charge in [-0.25, -0.2) is 9.37 Å². The molecule has 0 radical (unpaired) electrons. The number of fused-ring (bicyclic) bond motifs is 1. The van der Waals surface area contributed by atoms with Gasteiger partial charge in [-0.15, -0.1) is 0 Å². The summed E-state index contributed by atoms with van der Waals surface area (Å²) in [4.78, 5) is 9.82. The standard InChI is InChI=1S/C15H18FN5/c1-20(7-3-9-21-8-2-6-17-21)11-15-18-13-5-4-12(16)10-14(13)19-15/h2,4-6,8,10H,3,7,9,11H2,1H3,(H,18,19). The molecule has 5 nitrogen and oxygen atoms in total. The number of aryl methyl sites for hydroxylation is 1. The first-order chi connectivity index (χ1) is 10.2. The Kier molecular flexibility index (Phi) is 3.96. The smallest absolute Gasteiger partial charge is 0.125 e. The van der Waals surface area contributed by atoms with E-state index in [0.717, 1.165) is 42.9 Å². The third-order valence-electron chi connectivity index (χ3n) is 3.40. The quantitative estimate of drug-likeness (QED) is 0.757. The molecule has 2 aromatic heterocycles. The van der Waals surface area contributed by atoms with Crippen LogP contribution >= 0.6 is 0 Å². The zero-order chi connectivity index (χ0) is 14.7. The van der Waals surface area contributed by atoms with Crippen LogP contribution in [0.25, 0.3) is 11.0 Å². The van der Waals surface area contributed by atoms with Crippen molar-refractivity contribution in [3.05, 3.63) is 48.3 Å². The Morgan fingerprint density at radius 1 is 1.38 bits per heavy atom. The van der Waals surface area contributed by atoms with E-state index in [0.29, 0.717) is 0 Å². The summed E-state index contributed by atoms with van der Waals surface area (Å²) in [7, 11) is 2.05. The van der Waals surface area contributed by atoms with Gasteiger partial charge in [-0.3, -0.25) is 9.58 Å². The van der Waals surface area contributed by atoms with Crippen LogP contribution in [0.3, 0.4) is 0 Å². The summed E-state index contributed by atoms with van der Waals surface area (Å²) in [6.45, 7) is 2.57. The van der Waals surface area contributed by atoms with Crippen LogP contribution in [0.2, 0.25) is 0 Å². The lowest BCUT2D eigenvalue weighted by Gasteiger charge is -2.14. The number of hydrogen-bond donors (Lipinski definition) is 1. The first kappa shape index (κ1) is 13.8. The number of imidazole rings is 1. The molecule has 3 aromatic rings. The predicted octanol–water partition coefficient (Wildman–Crippen LogP) is 2.42. The van der Waals surface area contributed by atoms with Gasteiger partial charge >= 0.3 is 0 Å². The van der Waals surface area contributed by atoms with Crippen molar-refractivity contribution in [3.8, 4) is 0 Å². The molecule has 2 heterocycles. The number of aromatic nitrogens is 4. The van der Waals surface area contributed by atoms with Crippen LogP contribution in [0.1, 0.15) is 12.2 Å². The van der Waals surface area contributed by atoms with Crippen molar-refractivity contribution >= 4 is 11.0 Å². The van der Waals surface area contributed by atoms with Gasteiger partial charge < -0.3 is 4.98 Å². The lowest BCUT2D eigenvalue weighted by atomic mass is 10.3. The highest BCUT2D eigenvalue weighted by molar-refractivity contribution is 5.74. The summed E-state index contributed by atoms with van der Waals surface area (Å²) in [5, 5.41) is 4.18. The number of hydrogen-bond acceptors (Lipinski definition) is 3. The first-order valence-corrected chi connectivity index (χ1v) is 7.01. The molecule has 0 unspecified atom stereocenters. The average molecular weight is 287 g/mol. The van der Waals surface area contributed by atoms with Crippen LogP contribution < -0.4 is 0 Å². The Hall–Kier alpha value is -2.21. The maximum Gasteiger partial charge on any atom is 0.125 e. The topological polar surface area (TPSA) is 49.7 Å². The molecule has 1 N–H and O–H groups in total. The number of benzene rings is 1. The number of nitrogens with zero attached hydrogens (tertiary/aromatic N) is 4. The van der Waals surface area contributed by atoms with Crippen molar-refractivity contribution < 1.29 is 4.39 Å². The fourth-order valence-corrected chi connectivity index (χ4v) is 2.38. The third-order valence-corrected chi connectivity index (χ3v) is 3.40. The molecular formula is C15H18FN5. The van der Waals surface area contributed by atoms with Crippen molar-refractivity contribution in [1.29, 1.82) is 0 Å². The van der Waals surface area contributed by atoms with Crippen molar-refractivity contribution in [2.45, 2.75) is 19.5 Å². The molecule has 21 heavy (non-hydrogen) atoms. The zero-order valence-electron chi connectivity index (χ0n) is 12.0. The molecular weight excluding hydrogens is 269 g/mol. The SMILES string of the molecule is CN(CCCn1cccn1)Cc1nc2ccc(F)cc2[nH]1. The van der Waals surface area contributed by atoms with E-state index in [9.17, 15) is 4.39 Å². The summed E-state index contributed by atoms with van der Waals surface area (Å²) >= 11 is 0. The summed E-state index contributed by atoms with van der Waals surface area (Å²) in [5.74, 6) is 0.613. The van der Waals surface area contributed by atoms with Gasteiger partial charge in [0.2, 0.25) is 0 Å². The van der Waals surface area contributed by atoms with Crippen LogP contribution in [-0.4, -0.2) is 38.2 Å². The van der Waals surface area contributed by atoms with Crippen LogP contribution in [0.4, 0.5) is 4.39 Å². The van der Waals surface area contributed by atoms with E-state index < -0.39 is 0 Å². The fraction of sp³-hybridized carbons (Fsp3) is 0.333. The number of rotatable bonds is 6. The molecule has 0 saturated carbocycles. The first-order valence-electron chi connectivity index (χ1n) is 7.01. The minimum absolute atomic E-state index is 0.245. The maximum absolute atomic E-state index is 13.1. The van der Waals surface area contributed by atoms with Crippen LogP contribution in [0, 0.1) is 5.82 Å². The van der Waals surface area contributed by atoms with Gasteiger partial charge in [0.15, 0.2) is 0 Å². The highest BCUT2D eigenvalue weighted by atomic mass is 19.1. The third kappa shape index (κ3) is 3.46. The minimum atomic E-state index is -0.245. The molecule has 0 fully saturated rings. The lowest BCUT2D eigenvalue weighted by molar-refractivity contribution is 0.305. The highest BCUT2D eigenvalue weighted by Crippen LogP contribution is 2.13. The Morgan fingerprint density at radius 3 is 3.10 bits per heavy atom. The van der Waals surface area contributed by atoms with E-state index in [1.54, 1.807) is 12.3 Å². The van der Waals surface area contributed by atoms with Crippen molar-refractivity contribution in [2.75, 3.05) is 13.6 Å². The van der Waals surface area contributed by atoms with Gasteiger partial charge in [0, 0.05) is 25.5 Å². The van der Waals surface area contributed by atoms with Crippen molar-refractivity contribution in [1.82, 2.24) is 24.6 Å². The monoisotopic (exact) mass is 287 g/mol. The van der Waals surface area contributed by atoms with E-state index in [2.05, 4.69) is 27.0 Å². The molecule has 0 aliphatic rings. The summed E-state index contributed by atoms with van der Waals surface area (Å²) in [6, 6.07) is 6.53. The van der Waals surface area contributed by atoms with Gasteiger partial charge in [0.05, 0.1) is 17.6 Å². The number of H-pyrrole nitrogens is 1. The summed E-state index contributed by atoms with van der Waals surface area (Å²) < 4.78 is 15.1. The van der Waals surface area contributed by atoms with E-state index in [-0.39, 0.29) is 5.82 Å². The Labute approximate surface area is 122 Å². The van der Waals surface area contributed by atoms with E-state index in [4.69, 9.17) is 0 Å². The molecule has 1 aromatic carbocycles. The fourth-order valence-electron chi connectivity index (χ4n) is 2.38. The second-order valence-corrected chi connectivity index (χ2v) is 5.21. The minimum Gasteiger partial charge on any atom is -0.341 e. The van der Waals surface area contributed by atoms with Gasteiger partial charge in [-0.2, -0.15) is 5.10 Å². The van der Waals surface area contributed by atoms with Gasteiger partial charge in [-0.1, -0.05) is 0 Å². The normalized spacial score (nSPS) is 11.6. The van der Waals surface area contributed by atoms with Crippen molar-refractivity contribution in [3.63, 3.8) is 0 Å². The van der Waals surface area contributed by atoms with E-state index >= 15 is 0 Å². The molecule has 0 aliphatic heterocycles. The molecule has 0 aliphatic carbocycles. The summed E-state index contributed by atoms with van der Waals surface area (Å²) in [6.07, 6.45) is 4.78. The number of aromatic amines is 1. The highest BCUT2D eigenvalue weighted by Gasteiger charge is 2.06.